The number of ether oxygens (including phenoxy) is 2. The third kappa shape index (κ3) is 3.89. The van der Waals surface area contributed by atoms with Crippen LogP contribution in [0.4, 0.5) is 0 Å². The first kappa shape index (κ1) is 16.8. The molecule has 2 aromatic carbocycles. The molecular formula is C17H14ClN3O4. The molecule has 128 valence electrons. The number of benzene rings is 2. The van der Waals surface area contributed by atoms with E-state index in [2.05, 4.69) is 10.3 Å². The molecule has 8 heteroatoms. The van der Waals surface area contributed by atoms with E-state index in [4.69, 9.17) is 21.1 Å². The number of rotatable bonds is 6. The predicted octanol–water partition coefficient (Wildman–Crippen LogP) is 3.48. The Kier molecular flexibility index (Phi) is 4.85. The van der Waals surface area contributed by atoms with Crippen LogP contribution in [0.25, 0.3) is 0 Å². The summed E-state index contributed by atoms with van der Waals surface area (Å²) in [5, 5.41) is 17.4. The lowest BCUT2D eigenvalue weighted by Gasteiger charge is -2.09. The molecule has 3 aromatic rings. The molecule has 25 heavy (non-hydrogen) atoms. The molecule has 0 bridgehead atoms. The highest BCUT2D eigenvalue weighted by molar-refractivity contribution is 6.30. The van der Waals surface area contributed by atoms with Crippen molar-refractivity contribution in [1.82, 2.24) is 15.0 Å². The van der Waals surface area contributed by atoms with E-state index < -0.39 is 5.97 Å². The number of aromatic carboxylic acids is 1. The zero-order chi connectivity index (χ0) is 17.8. The van der Waals surface area contributed by atoms with Gasteiger partial charge in [0.25, 0.3) is 5.88 Å². The average Bonchev–Trinajstić information content (AvgIpc) is 3.00. The molecule has 0 aliphatic heterocycles. The van der Waals surface area contributed by atoms with Gasteiger partial charge in [0, 0.05) is 5.02 Å². The number of aromatic nitrogens is 3. The van der Waals surface area contributed by atoms with Crippen molar-refractivity contribution in [1.29, 1.82) is 0 Å². The maximum absolute atomic E-state index is 11.4. The molecule has 0 fully saturated rings. The molecule has 0 saturated heterocycles. The lowest BCUT2D eigenvalue weighted by atomic mass is 10.2. The maximum atomic E-state index is 11.4. The minimum absolute atomic E-state index is 0.0469. The molecule has 0 spiro atoms. The number of carboxylic acids is 1. The fraction of sp³-hybridized carbons (Fsp3) is 0.118. The van der Waals surface area contributed by atoms with E-state index in [1.165, 1.54) is 4.68 Å². The van der Waals surface area contributed by atoms with Crippen molar-refractivity contribution >= 4 is 17.6 Å². The summed E-state index contributed by atoms with van der Waals surface area (Å²) < 4.78 is 12.2. The molecule has 0 amide bonds. The van der Waals surface area contributed by atoms with E-state index in [0.717, 1.165) is 11.3 Å². The van der Waals surface area contributed by atoms with Crippen LogP contribution in [0.15, 0.2) is 48.5 Å². The van der Waals surface area contributed by atoms with Gasteiger partial charge in [0.05, 0.1) is 13.7 Å². The molecule has 0 unspecified atom stereocenters. The van der Waals surface area contributed by atoms with Crippen molar-refractivity contribution < 1.29 is 19.4 Å². The minimum Gasteiger partial charge on any atom is -0.497 e. The molecule has 1 aromatic heterocycles. The quantitative estimate of drug-likeness (QED) is 0.725. The number of methoxy groups -OCH3 is 1. The van der Waals surface area contributed by atoms with Crippen molar-refractivity contribution in [3.63, 3.8) is 0 Å². The van der Waals surface area contributed by atoms with Crippen LogP contribution < -0.4 is 9.47 Å². The summed E-state index contributed by atoms with van der Waals surface area (Å²) in [6, 6.07) is 13.9. The van der Waals surface area contributed by atoms with Gasteiger partial charge in [-0.05, 0) is 42.0 Å². The molecular weight excluding hydrogens is 346 g/mol. The first-order chi connectivity index (χ1) is 12.1. The van der Waals surface area contributed by atoms with Gasteiger partial charge >= 0.3 is 5.97 Å². The van der Waals surface area contributed by atoms with Crippen LogP contribution >= 0.6 is 11.6 Å². The summed E-state index contributed by atoms with van der Waals surface area (Å²) >= 11 is 5.85. The van der Waals surface area contributed by atoms with Crippen LogP contribution in [0.2, 0.25) is 5.02 Å². The van der Waals surface area contributed by atoms with Gasteiger partial charge in [-0.3, -0.25) is 0 Å². The average molecular weight is 360 g/mol. The Morgan fingerprint density at radius 3 is 2.36 bits per heavy atom. The number of halogens is 1. The van der Waals surface area contributed by atoms with Gasteiger partial charge in [-0.2, -0.15) is 0 Å². The summed E-state index contributed by atoms with van der Waals surface area (Å²) in [6.07, 6.45) is 0. The van der Waals surface area contributed by atoms with Crippen molar-refractivity contribution in [2.75, 3.05) is 7.11 Å². The van der Waals surface area contributed by atoms with E-state index in [0.29, 0.717) is 17.3 Å². The monoisotopic (exact) mass is 359 g/mol. The minimum atomic E-state index is -1.22. The third-order valence-corrected chi connectivity index (χ3v) is 3.66. The summed E-state index contributed by atoms with van der Waals surface area (Å²) in [7, 11) is 1.59. The van der Waals surface area contributed by atoms with Gasteiger partial charge in [0.15, 0.2) is 0 Å². The second-order valence-electron chi connectivity index (χ2n) is 5.11. The highest BCUT2D eigenvalue weighted by atomic mass is 35.5. The molecule has 0 aliphatic carbocycles. The van der Waals surface area contributed by atoms with Crippen LogP contribution in [-0.4, -0.2) is 33.2 Å². The molecule has 0 atom stereocenters. The SMILES string of the molecule is COc1ccc(Cn2nnc(C(=O)O)c2Oc2ccc(Cl)cc2)cc1. The molecule has 1 heterocycles. The Balaban J connectivity index is 1.90. The maximum Gasteiger partial charge on any atom is 0.362 e. The van der Waals surface area contributed by atoms with Crippen molar-refractivity contribution in [2.24, 2.45) is 0 Å². The van der Waals surface area contributed by atoms with E-state index in [1.54, 1.807) is 31.4 Å². The lowest BCUT2D eigenvalue weighted by molar-refractivity contribution is 0.0687. The number of carboxylic acid groups (broad SMARTS) is 1. The normalized spacial score (nSPS) is 10.5. The Morgan fingerprint density at radius 1 is 1.12 bits per heavy atom. The summed E-state index contributed by atoms with van der Waals surface area (Å²) in [6.45, 7) is 0.299. The fourth-order valence-corrected chi connectivity index (χ4v) is 2.29. The van der Waals surface area contributed by atoms with Gasteiger partial charge < -0.3 is 14.6 Å². The zero-order valence-electron chi connectivity index (χ0n) is 13.2. The zero-order valence-corrected chi connectivity index (χ0v) is 14.0. The Hall–Kier alpha value is -3.06. The van der Waals surface area contributed by atoms with Gasteiger partial charge in [-0.25, -0.2) is 9.48 Å². The second-order valence-corrected chi connectivity index (χ2v) is 5.55. The standard InChI is InChI=1S/C17H14ClN3O4/c1-24-13-6-2-11(3-7-13)10-21-16(15(17(22)23)19-20-21)25-14-8-4-12(18)5-9-14/h2-9H,10H2,1H3,(H,22,23). The molecule has 0 saturated carbocycles. The Bertz CT molecular complexity index is 876. The molecule has 3 rings (SSSR count). The third-order valence-electron chi connectivity index (χ3n) is 3.41. The van der Waals surface area contributed by atoms with E-state index in [-0.39, 0.29) is 11.6 Å². The predicted molar refractivity (Wildman–Crippen MR) is 90.6 cm³/mol. The van der Waals surface area contributed by atoms with E-state index in [9.17, 15) is 9.90 Å². The first-order valence-electron chi connectivity index (χ1n) is 7.30. The number of hydrogen-bond acceptors (Lipinski definition) is 5. The summed E-state index contributed by atoms with van der Waals surface area (Å²) in [4.78, 5) is 11.4. The van der Waals surface area contributed by atoms with Gasteiger partial charge in [0.2, 0.25) is 5.69 Å². The van der Waals surface area contributed by atoms with Crippen LogP contribution in [0.1, 0.15) is 16.1 Å². The first-order valence-corrected chi connectivity index (χ1v) is 7.68. The fourth-order valence-electron chi connectivity index (χ4n) is 2.16. The second kappa shape index (κ2) is 7.23. The Morgan fingerprint density at radius 2 is 1.76 bits per heavy atom. The van der Waals surface area contributed by atoms with Crippen LogP contribution in [0, 0.1) is 0 Å². The van der Waals surface area contributed by atoms with Gasteiger partial charge in [0.1, 0.15) is 11.5 Å². The lowest BCUT2D eigenvalue weighted by Crippen LogP contribution is -2.06. The number of carbonyl (C=O) groups is 1. The van der Waals surface area contributed by atoms with Gasteiger partial charge in [-0.1, -0.05) is 28.9 Å². The number of nitrogens with zero attached hydrogens (tertiary/aromatic N) is 3. The van der Waals surface area contributed by atoms with Crippen LogP contribution in [0.3, 0.4) is 0 Å². The van der Waals surface area contributed by atoms with Crippen molar-refractivity contribution in [2.45, 2.75) is 6.54 Å². The van der Waals surface area contributed by atoms with Gasteiger partial charge in [-0.15, -0.1) is 5.10 Å². The van der Waals surface area contributed by atoms with Crippen LogP contribution in [-0.2, 0) is 6.54 Å². The van der Waals surface area contributed by atoms with Crippen molar-refractivity contribution in [3.05, 3.63) is 64.8 Å². The smallest absolute Gasteiger partial charge is 0.362 e. The van der Waals surface area contributed by atoms with E-state index in [1.807, 2.05) is 24.3 Å². The highest BCUT2D eigenvalue weighted by Gasteiger charge is 2.21. The number of hydrogen-bond donors (Lipinski definition) is 1. The summed E-state index contributed by atoms with van der Waals surface area (Å²) in [5.74, 6) is -0.00744. The molecule has 0 aliphatic rings. The molecule has 7 nitrogen and oxygen atoms in total. The molecule has 0 radical (unpaired) electrons. The van der Waals surface area contributed by atoms with Crippen molar-refractivity contribution in [3.8, 4) is 17.4 Å². The Labute approximate surface area is 148 Å². The highest BCUT2D eigenvalue weighted by Crippen LogP contribution is 2.26. The topological polar surface area (TPSA) is 86.5 Å². The molecule has 1 N–H and O–H groups in total. The van der Waals surface area contributed by atoms with Crippen LogP contribution in [0.5, 0.6) is 17.4 Å². The van der Waals surface area contributed by atoms with E-state index >= 15 is 0 Å². The largest absolute Gasteiger partial charge is 0.497 e. The summed E-state index contributed by atoms with van der Waals surface area (Å²) in [5.41, 5.74) is 0.632.